The normalized spacial score (nSPS) is 22.1. The van der Waals surface area contributed by atoms with Gasteiger partial charge in [-0.2, -0.15) is 0 Å². The van der Waals surface area contributed by atoms with Gasteiger partial charge in [0, 0.05) is 71.1 Å². The molecule has 230 valence electrons. The molecule has 0 spiro atoms. The fourth-order valence-corrected chi connectivity index (χ4v) is 6.46. The first-order valence-electron chi connectivity index (χ1n) is 15.1. The Balaban J connectivity index is 1.22. The van der Waals surface area contributed by atoms with Crippen LogP contribution in [0.3, 0.4) is 0 Å². The van der Waals surface area contributed by atoms with Gasteiger partial charge in [-0.25, -0.2) is 9.59 Å². The minimum atomic E-state index is -0.904. The van der Waals surface area contributed by atoms with Crippen LogP contribution >= 0.6 is 11.6 Å². The molecule has 1 atom stereocenters. The highest BCUT2D eigenvalue weighted by Gasteiger charge is 2.35. The summed E-state index contributed by atoms with van der Waals surface area (Å²) in [7, 11) is 0. The molecule has 3 aliphatic rings. The number of carbonyl (C=O) groups is 2. The van der Waals surface area contributed by atoms with Gasteiger partial charge in [0.2, 0.25) is 0 Å². The highest BCUT2D eigenvalue weighted by atomic mass is 35.5. The van der Waals surface area contributed by atoms with E-state index in [1.165, 1.54) is 16.7 Å². The van der Waals surface area contributed by atoms with Crippen LogP contribution in [0, 0.1) is 0 Å². The number of amides is 1. The predicted octanol–water partition coefficient (Wildman–Crippen LogP) is 5.45. The van der Waals surface area contributed by atoms with Gasteiger partial charge >= 0.3 is 12.1 Å². The molecule has 0 bridgehead atoms. The summed E-state index contributed by atoms with van der Waals surface area (Å²) in [5, 5.41) is 9.21. The van der Waals surface area contributed by atoms with Crippen molar-refractivity contribution in [1.82, 2.24) is 14.7 Å². The van der Waals surface area contributed by atoms with Gasteiger partial charge in [0.25, 0.3) is 0 Å². The van der Waals surface area contributed by atoms with Crippen LogP contribution in [-0.2, 0) is 4.74 Å². The Hall–Kier alpha value is -3.33. The first-order chi connectivity index (χ1) is 20.5. The van der Waals surface area contributed by atoms with Crippen LogP contribution in [0.2, 0.25) is 0 Å². The summed E-state index contributed by atoms with van der Waals surface area (Å²) in [4.78, 5) is 32.2. The van der Waals surface area contributed by atoms with Crippen molar-refractivity contribution >= 4 is 34.9 Å². The minimum absolute atomic E-state index is 0.250. The number of anilines is 1. The van der Waals surface area contributed by atoms with Crippen LogP contribution in [0.5, 0.6) is 0 Å². The lowest BCUT2D eigenvalue weighted by Crippen LogP contribution is -2.53. The first-order valence-corrected chi connectivity index (χ1v) is 15.5. The van der Waals surface area contributed by atoms with E-state index in [0.717, 1.165) is 64.5 Å². The summed E-state index contributed by atoms with van der Waals surface area (Å²) in [5.74, 6) is -0.904. The molecule has 5 rings (SSSR count). The Bertz CT molecular complexity index is 1340. The van der Waals surface area contributed by atoms with Gasteiger partial charge in [-0.1, -0.05) is 42.5 Å². The van der Waals surface area contributed by atoms with Crippen LogP contribution in [0.25, 0.3) is 5.57 Å². The van der Waals surface area contributed by atoms with Crippen molar-refractivity contribution in [3.8, 4) is 0 Å². The van der Waals surface area contributed by atoms with E-state index in [4.69, 9.17) is 16.3 Å². The lowest BCUT2D eigenvalue weighted by atomic mass is 9.85. The van der Waals surface area contributed by atoms with E-state index in [9.17, 15) is 14.7 Å². The Morgan fingerprint density at radius 3 is 2.12 bits per heavy atom. The molecular weight excluding hydrogens is 564 g/mol. The molecule has 2 heterocycles. The third-order valence-corrected chi connectivity index (χ3v) is 8.68. The van der Waals surface area contributed by atoms with Gasteiger partial charge in [0.15, 0.2) is 0 Å². The zero-order valence-electron chi connectivity index (χ0n) is 25.5. The second-order valence-corrected chi connectivity index (χ2v) is 13.5. The third kappa shape index (κ3) is 8.19. The van der Waals surface area contributed by atoms with Crippen molar-refractivity contribution in [2.24, 2.45) is 0 Å². The fraction of sp³-hybridized carbons (Fsp3) is 0.471. The number of carboxylic acids is 1. The summed E-state index contributed by atoms with van der Waals surface area (Å²) in [6.07, 6.45) is 4.89. The number of ether oxygens (including phenoxy) is 1. The zero-order chi connectivity index (χ0) is 30.6. The Kier molecular flexibility index (Phi) is 9.49. The monoisotopic (exact) mass is 606 g/mol. The van der Waals surface area contributed by atoms with Gasteiger partial charge < -0.3 is 19.6 Å². The maximum absolute atomic E-state index is 12.5. The molecular formula is C34H43ClN4O4. The third-order valence-electron chi connectivity index (χ3n) is 8.30. The van der Waals surface area contributed by atoms with Crippen LogP contribution in [0.15, 0.2) is 72.3 Å². The molecule has 1 N–H and O–H groups in total. The van der Waals surface area contributed by atoms with Crippen LogP contribution < -0.4 is 4.90 Å². The van der Waals surface area contributed by atoms with Gasteiger partial charge in [-0.3, -0.25) is 9.80 Å². The average molecular weight is 607 g/mol. The summed E-state index contributed by atoms with van der Waals surface area (Å²) in [5.41, 5.74) is 4.66. The molecule has 43 heavy (non-hydrogen) atoms. The van der Waals surface area contributed by atoms with E-state index in [1.54, 1.807) is 17.0 Å². The number of piperazine rings is 2. The highest BCUT2D eigenvalue weighted by Crippen LogP contribution is 2.38. The number of halogens is 1. The molecule has 2 fully saturated rings. The topological polar surface area (TPSA) is 76.6 Å². The van der Waals surface area contributed by atoms with Gasteiger partial charge in [0.05, 0.1) is 10.4 Å². The van der Waals surface area contributed by atoms with E-state index in [1.807, 2.05) is 39.0 Å². The number of hydrogen-bond acceptors (Lipinski definition) is 6. The van der Waals surface area contributed by atoms with Crippen molar-refractivity contribution in [1.29, 1.82) is 0 Å². The second-order valence-electron chi connectivity index (χ2n) is 12.8. The van der Waals surface area contributed by atoms with Crippen molar-refractivity contribution in [2.75, 3.05) is 70.3 Å². The molecule has 2 saturated heterocycles. The van der Waals surface area contributed by atoms with Gasteiger partial charge in [-0.15, -0.1) is 11.6 Å². The Morgan fingerprint density at radius 1 is 0.884 bits per heavy atom. The first kappa shape index (κ1) is 31.1. The van der Waals surface area contributed by atoms with E-state index in [2.05, 4.69) is 51.1 Å². The molecule has 1 unspecified atom stereocenters. The number of aromatic carboxylic acids is 1. The number of carbonyl (C=O) groups excluding carboxylic acids is 1. The smallest absolute Gasteiger partial charge is 0.410 e. The number of alkyl halides is 1. The van der Waals surface area contributed by atoms with Crippen LogP contribution in [-0.4, -0.2) is 108 Å². The van der Waals surface area contributed by atoms with E-state index in [-0.39, 0.29) is 6.09 Å². The second kappa shape index (κ2) is 13.1. The predicted molar refractivity (Wildman–Crippen MR) is 172 cm³/mol. The van der Waals surface area contributed by atoms with E-state index >= 15 is 0 Å². The summed E-state index contributed by atoms with van der Waals surface area (Å²) in [6, 6.07) is 17.7. The lowest BCUT2D eigenvalue weighted by Gasteiger charge is -2.41. The van der Waals surface area contributed by atoms with Gasteiger partial charge in [-0.05, 0) is 68.2 Å². The summed E-state index contributed by atoms with van der Waals surface area (Å²) in [6.45, 7) is 13.6. The molecule has 2 aliphatic heterocycles. The number of allylic oxidation sites excluding steroid dienone is 2. The lowest BCUT2D eigenvalue weighted by molar-refractivity contribution is 0.0140. The molecule has 2 aromatic rings. The fourth-order valence-electron chi connectivity index (χ4n) is 6.06. The molecule has 9 heteroatoms. The molecule has 1 aliphatic carbocycles. The zero-order valence-corrected chi connectivity index (χ0v) is 26.2. The molecule has 8 nitrogen and oxygen atoms in total. The molecule has 2 aromatic carbocycles. The SMILES string of the molecule is CC(C)(C)OC(=O)N1CCN(CC2(Cl)C=CC(c3ccccc3)=C(CN3CCN(c4ccc(C(=O)O)cc4)CC3)C2)CC1. The molecule has 1 amide bonds. The molecule has 0 radical (unpaired) electrons. The summed E-state index contributed by atoms with van der Waals surface area (Å²) < 4.78 is 5.56. The molecule has 0 saturated carbocycles. The van der Waals surface area contributed by atoms with Crippen molar-refractivity contribution in [2.45, 2.75) is 37.7 Å². The maximum Gasteiger partial charge on any atom is 0.410 e. The Morgan fingerprint density at radius 2 is 1.51 bits per heavy atom. The number of rotatable bonds is 7. The maximum atomic E-state index is 12.5. The Labute approximate surface area is 260 Å². The standard InChI is InChI=1S/C34H43ClN4O4/c1-33(2,3)43-32(42)39-21-17-37(18-22-39)25-34(35)14-13-30(26-7-5-4-6-8-26)28(23-34)24-36-15-19-38(20-16-36)29-11-9-27(10-12-29)31(40)41/h4-14H,15-25H2,1-3H3,(H,40,41). The largest absolute Gasteiger partial charge is 0.478 e. The summed E-state index contributed by atoms with van der Waals surface area (Å²) >= 11 is 7.36. The molecule has 0 aromatic heterocycles. The van der Waals surface area contributed by atoms with Crippen molar-refractivity contribution in [3.63, 3.8) is 0 Å². The average Bonchev–Trinajstić information content (AvgIpc) is 2.97. The minimum Gasteiger partial charge on any atom is -0.478 e. The van der Waals surface area contributed by atoms with E-state index in [0.29, 0.717) is 18.7 Å². The number of benzene rings is 2. The number of nitrogens with zero attached hydrogens (tertiary/aromatic N) is 4. The van der Waals surface area contributed by atoms with E-state index < -0.39 is 16.4 Å². The van der Waals surface area contributed by atoms with Crippen LogP contribution in [0.4, 0.5) is 10.5 Å². The van der Waals surface area contributed by atoms with Crippen molar-refractivity contribution < 1.29 is 19.4 Å². The number of carboxylic acid groups (broad SMARTS) is 1. The van der Waals surface area contributed by atoms with Crippen molar-refractivity contribution in [3.05, 3.63) is 83.4 Å². The van der Waals surface area contributed by atoms with Crippen LogP contribution in [0.1, 0.15) is 43.1 Å². The highest BCUT2D eigenvalue weighted by molar-refractivity contribution is 6.26. The quantitative estimate of drug-likeness (QED) is 0.420. The van der Waals surface area contributed by atoms with Gasteiger partial charge in [0.1, 0.15) is 5.60 Å². The number of hydrogen-bond donors (Lipinski definition) is 1.